The summed E-state index contributed by atoms with van der Waals surface area (Å²) in [6.45, 7) is 4.98. The predicted molar refractivity (Wildman–Crippen MR) is 120 cm³/mol. The molecule has 0 saturated carbocycles. The molecule has 0 aliphatic carbocycles. The summed E-state index contributed by atoms with van der Waals surface area (Å²) < 4.78 is 5.80. The Morgan fingerprint density at radius 1 is 1.25 bits per heavy atom. The van der Waals surface area contributed by atoms with Gasteiger partial charge in [0.15, 0.2) is 0 Å². The van der Waals surface area contributed by atoms with E-state index in [4.69, 9.17) is 10.5 Å². The Bertz CT molecular complexity index is 716. The van der Waals surface area contributed by atoms with E-state index in [2.05, 4.69) is 36.2 Å². The van der Waals surface area contributed by atoms with Gasteiger partial charge in [-0.3, -0.25) is 4.79 Å². The SMILES string of the molecule is Cc1ccc(-c2nc(CC(=O)N3CCC(OCCCN)CC3)cs2)cc1.Cl.Cl. The van der Waals surface area contributed by atoms with E-state index in [0.29, 0.717) is 13.0 Å². The van der Waals surface area contributed by atoms with E-state index in [1.807, 2.05) is 10.3 Å². The Morgan fingerprint density at radius 3 is 2.57 bits per heavy atom. The maximum absolute atomic E-state index is 12.6. The van der Waals surface area contributed by atoms with Crippen LogP contribution in [-0.2, 0) is 16.0 Å². The molecule has 3 rings (SSSR count). The molecule has 1 fully saturated rings. The van der Waals surface area contributed by atoms with Crippen molar-refractivity contribution in [3.05, 3.63) is 40.9 Å². The largest absolute Gasteiger partial charge is 0.378 e. The third-order valence-corrected chi connectivity index (χ3v) is 5.62. The van der Waals surface area contributed by atoms with Crippen LogP contribution in [0.3, 0.4) is 0 Å². The molecule has 1 aliphatic heterocycles. The van der Waals surface area contributed by atoms with Gasteiger partial charge in [-0.2, -0.15) is 0 Å². The lowest BCUT2D eigenvalue weighted by molar-refractivity contribution is -0.133. The fourth-order valence-electron chi connectivity index (χ4n) is 3.09. The second-order valence-electron chi connectivity index (χ2n) is 6.78. The number of halogens is 2. The summed E-state index contributed by atoms with van der Waals surface area (Å²) in [6, 6.07) is 8.33. The van der Waals surface area contributed by atoms with Crippen LogP contribution in [0.1, 0.15) is 30.5 Å². The third-order valence-electron chi connectivity index (χ3n) is 4.68. The molecule has 2 aromatic rings. The first kappa shape index (κ1) is 24.9. The second kappa shape index (κ2) is 12.4. The average Bonchev–Trinajstić information content (AvgIpc) is 3.11. The molecule has 1 aromatic heterocycles. The summed E-state index contributed by atoms with van der Waals surface area (Å²) in [6.07, 6.45) is 3.34. The van der Waals surface area contributed by atoms with Gasteiger partial charge in [0, 0.05) is 30.6 Å². The van der Waals surface area contributed by atoms with Gasteiger partial charge in [-0.15, -0.1) is 36.2 Å². The predicted octanol–water partition coefficient (Wildman–Crippen LogP) is 3.86. The number of aromatic nitrogens is 1. The van der Waals surface area contributed by atoms with Crippen molar-refractivity contribution >= 4 is 42.1 Å². The minimum absolute atomic E-state index is 0. The van der Waals surface area contributed by atoms with E-state index >= 15 is 0 Å². The van der Waals surface area contributed by atoms with Crippen LogP contribution in [0.4, 0.5) is 0 Å². The highest BCUT2D eigenvalue weighted by atomic mass is 35.5. The summed E-state index contributed by atoms with van der Waals surface area (Å²) in [5, 5.41) is 2.97. The molecule has 0 spiro atoms. The minimum atomic E-state index is 0. The molecule has 2 N–H and O–H groups in total. The molecule has 0 unspecified atom stereocenters. The molecule has 2 heterocycles. The number of hydrogen-bond acceptors (Lipinski definition) is 5. The molecule has 1 amide bonds. The van der Waals surface area contributed by atoms with E-state index in [9.17, 15) is 4.79 Å². The fourth-order valence-corrected chi connectivity index (χ4v) is 3.91. The molecule has 5 nitrogen and oxygen atoms in total. The second-order valence-corrected chi connectivity index (χ2v) is 7.64. The smallest absolute Gasteiger partial charge is 0.228 e. The van der Waals surface area contributed by atoms with Crippen LogP contribution >= 0.6 is 36.2 Å². The first-order valence-electron chi connectivity index (χ1n) is 9.26. The summed E-state index contributed by atoms with van der Waals surface area (Å²) >= 11 is 1.60. The summed E-state index contributed by atoms with van der Waals surface area (Å²) in [5.41, 5.74) is 8.68. The molecule has 0 radical (unpaired) electrons. The highest BCUT2D eigenvalue weighted by molar-refractivity contribution is 7.13. The van der Waals surface area contributed by atoms with Crippen LogP contribution in [0.25, 0.3) is 10.6 Å². The van der Waals surface area contributed by atoms with Crippen molar-refractivity contribution < 1.29 is 9.53 Å². The van der Waals surface area contributed by atoms with Gasteiger partial charge in [0.05, 0.1) is 18.2 Å². The highest BCUT2D eigenvalue weighted by Gasteiger charge is 2.23. The first-order valence-corrected chi connectivity index (χ1v) is 10.1. The van der Waals surface area contributed by atoms with Gasteiger partial charge in [0.25, 0.3) is 0 Å². The zero-order valence-corrected chi connectivity index (χ0v) is 18.6. The van der Waals surface area contributed by atoms with Crippen molar-refractivity contribution in [3.8, 4) is 10.6 Å². The van der Waals surface area contributed by atoms with Gasteiger partial charge in [-0.05, 0) is 32.7 Å². The van der Waals surface area contributed by atoms with Gasteiger partial charge in [0.2, 0.25) is 5.91 Å². The molecule has 28 heavy (non-hydrogen) atoms. The van der Waals surface area contributed by atoms with Gasteiger partial charge in [-0.25, -0.2) is 4.98 Å². The fraction of sp³-hybridized carbons (Fsp3) is 0.500. The summed E-state index contributed by atoms with van der Waals surface area (Å²) in [5.74, 6) is 0.158. The number of aryl methyl sites for hydroxylation is 1. The summed E-state index contributed by atoms with van der Waals surface area (Å²) in [4.78, 5) is 19.1. The van der Waals surface area contributed by atoms with Crippen LogP contribution in [-0.4, -0.2) is 48.1 Å². The average molecular weight is 446 g/mol. The maximum atomic E-state index is 12.6. The van der Waals surface area contributed by atoms with E-state index in [-0.39, 0.29) is 36.8 Å². The lowest BCUT2D eigenvalue weighted by atomic mass is 10.1. The molecule has 156 valence electrons. The van der Waals surface area contributed by atoms with Crippen molar-refractivity contribution in [2.75, 3.05) is 26.2 Å². The zero-order valence-electron chi connectivity index (χ0n) is 16.1. The van der Waals surface area contributed by atoms with E-state index in [0.717, 1.165) is 55.2 Å². The van der Waals surface area contributed by atoms with Crippen LogP contribution in [0.2, 0.25) is 0 Å². The quantitative estimate of drug-likeness (QED) is 0.656. The van der Waals surface area contributed by atoms with E-state index in [1.165, 1.54) is 5.56 Å². The maximum Gasteiger partial charge on any atom is 0.228 e. The molecule has 1 aromatic carbocycles. The Kier molecular flexibility index (Phi) is 11.0. The molecular formula is C20H29Cl2N3O2S. The van der Waals surface area contributed by atoms with Crippen LogP contribution in [0.5, 0.6) is 0 Å². The number of thiazole rings is 1. The normalized spacial score (nSPS) is 14.3. The number of carbonyl (C=O) groups excluding carboxylic acids is 1. The number of benzene rings is 1. The van der Waals surface area contributed by atoms with E-state index in [1.54, 1.807) is 11.3 Å². The lowest BCUT2D eigenvalue weighted by Gasteiger charge is -2.32. The van der Waals surface area contributed by atoms with E-state index < -0.39 is 0 Å². The number of nitrogens with zero attached hydrogens (tertiary/aromatic N) is 2. The number of rotatable bonds is 7. The molecule has 0 bridgehead atoms. The highest BCUT2D eigenvalue weighted by Crippen LogP contribution is 2.24. The minimum Gasteiger partial charge on any atom is -0.378 e. The molecule has 8 heteroatoms. The third kappa shape index (κ3) is 7.01. The number of carbonyl (C=O) groups is 1. The Morgan fingerprint density at radius 2 is 1.93 bits per heavy atom. The molecule has 0 atom stereocenters. The van der Waals surface area contributed by atoms with Gasteiger partial charge in [0.1, 0.15) is 5.01 Å². The molecule has 1 aliphatic rings. The van der Waals surface area contributed by atoms with Crippen molar-refractivity contribution in [2.24, 2.45) is 5.73 Å². The van der Waals surface area contributed by atoms with Gasteiger partial charge in [-0.1, -0.05) is 29.8 Å². The van der Waals surface area contributed by atoms with Gasteiger partial charge >= 0.3 is 0 Å². The molecule has 1 saturated heterocycles. The van der Waals surface area contributed by atoms with Gasteiger partial charge < -0.3 is 15.4 Å². The van der Waals surface area contributed by atoms with Crippen LogP contribution < -0.4 is 5.73 Å². The number of nitrogens with two attached hydrogens (primary N) is 1. The lowest BCUT2D eigenvalue weighted by Crippen LogP contribution is -2.41. The number of hydrogen-bond donors (Lipinski definition) is 1. The zero-order chi connectivity index (χ0) is 18.4. The standard InChI is InChI=1S/C20H27N3O2S.2ClH/c1-15-3-5-16(6-4-15)20-22-17(14-26-20)13-19(24)23-10-7-18(8-11-23)25-12-2-9-21;;/h3-6,14,18H,2,7-13,21H2,1H3;2*1H. The topological polar surface area (TPSA) is 68.5 Å². The first-order chi connectivity index (χ1) is 12.7. The monoisotopic (exact) mass is 445 g/mol. The van der Waals surface area contributed by atoms with Crippen molar-refractivity contribution in [1.29, 1.82) is 0 Å². The number of ether oxygens (including phenoxy) is 1. The Labute approximate surface area is 183 Å². The number of amides is 1. The van der Waals surface area contributed by atoms with Crippen LogP contribution in [0, 0.1) is 6.92 Å². The Hall–Kier alpha value is -1.18. The Balaban J connectivity index is 0.00000196. The van der Waals surface area contributed by atoms with Crippen LogP contribution in [0.15, 0.2) is 29.6 Å². The van der Waals surface area contributed by atoms with Crippen molar-refractivity contribution in [1.82, 2.24) is 9.88 Å². The van der Waals surface area contributed by atoms with Crippen molar-refractivity contribution in [2.45, 2.75) is 38.7 Å². The number of piperidine rings is 1. The van der Waals surface area contributed by atoms with Crippen molar-refractivity contribution in [3.63, 3.8) is 0 Å². The summed E-state index contributed by atoms with van der Waals surface area (Å²) in [7, 11) is 0. The molecular weight excluding hydrogens is 417 g/mol. The number of likely N-dealkylation sites (tertiary alicyclic amines) is 1.